The van der Waals surface area contributed by atoms with Crippen LogP contribution in [0, 0.1) is 6.92 Å². The number of benzene rings is 3. The van der Waals surface area contributed by atoms with Gasteiger partial charge in [0.25, 0.3) is 0 Å². The van der Waals surface area contributed by atoms with Gasteiger partial charge < -0.3 is 9.84 Å². The summed E-state index contributed by atoms with van der Waals surface area (Å²) in [5, 5.41) is 12.2. The van der Waals surface area contributed by atoms with Crippen molar-refractivity contribution in [3.63, 3.8) is 0 Å². The highest BCUT2D eigenvalue weighted by atomic mass is 16.5. The summed E-state index contributed by atoms with van der Waals surface area (Å²) >= 11 is 0. The van der Waals surface area contributed by atoms with Crippen molar-refractivity contribution < 1.29 is 9.84 Å². The Morgan fingerprint density at radius 3 is 2.68 bits per heavy atom. The average Bonchev–Trinajstić information content (AvgIpc) is 2.55. The lowest BCUT2D eigenvalue weighted by Crippen LogP contribution is -1.87. The number of fused-ring (bicyclic) bond motifs is 1. The third-order valence-corrected chi connectivity index (χ3v) is 3.61. The summed E-state index contributed by atoms with van der Waals surface area (Å²) < 4.78 is 5.31. The fraction of sp³-hybridized carbons (Fsp3) is 0.105. The van der Waals surface area contributed by atoms with Gasteiger partial charge in [-0.05, 0) is 36.1 Å². The predicted molar refractivity (Wildman–Crippen MR) is 90.6 cm³/mol. The maximum absolute atomic E-state index is 10.4. The molecule has 0 fully saturated rings. The number of nitrogens with zero attached hydrogens (tertiary/aromatic N) is 1. The molecule has 0 saturated carbocycles. The van der Waals surface area contributed by atoms with Crippen LogP contribution in [0.1, 0.15) is 11.1 Å². The molecule has 0 atom stereocenters. The fourth-order valence-electron chi connectivity index (χ4n) is 2.42. The summed E-state index contributed by atoms with van der Waals surface area (Å²) in [6, 6.07) is 17.4. The van der Waals surface area contributed by atoms with Crippen molar-refractivity contribution in [3.8, 4) is 11.5 Å². The number of ether oxygens (including phenoxy) is 1. The molecule has 110 valence electrons. The van der Waals surface area contributed by atoms with Gasteiger partial charge in [0.05, 0.1) is 7.11 Å². The summed E-state index contributed by atoms with van der Waals surface area (Å²) in [4.78, 5) is 4.47. The molecule has 0 aliphatic carbocycles. The largest absolute Gasteiger partial charge is 0.507 e. The van der Waals surface area contributed by atoms with Gasteiger partial charge >= 0.3 is 0 Å². The molecule has 22 heavy (non-hydrogen) atoms. The molecule has 0 radical (unpaired) electrons. The maximum Gasteiger partial charge on any atom is 0.144 e. The van der Waals surface area contributed by atoms with Crippen LogP contribution in [0.2, 0.25) is 0 Å². The Balaban J connectivity index is 2.03. The molecule has 0 spiro atoms. The van der Waals surface area contributed by atoms with E-state index >= 15 is 0 Å². The fourth-order valence-corrected chi connectivity index (χ4v) is 2.42. The highest BCUT2D eigenvalue weighted by Gasteiger charge is 2.05. The van der Waals surface area contributed by atoms with Gasteiger partial charge in [0, 0.05) is 17.2 Å². The van der Waals surface area contributed by atoms with Gasteiger partial charge in [0.15, 0.2) is 0 Å². The number of hydrogen-bond acceptors (Lipinski definition) is 3. The molecule has 0 aliphatic heterocycles. The highest BCUT2D eigenvalue weighted by molar-refractivity contribution is 5.97. The minimum absolute atomic E-state index is 0.244. The normalized spacial score (nSPS) is 11.2. The van der Waals surface area contributed by atoms with Crippen LogP contribution in [0.5, 0.6) is 11.5 Å². The summed E-state index contributed by atoms with van der Waals surface area (Å²) in [7, 11) is 1.62. The van der Waals surface area contributed by atoms with Crippen LogP contribution in [0.25, 0.3) is 10.8 Å². The van der Waals surface area contributed by atoms with Crippen molar-refractivity contribution in [2.45, 2.75) is 6.92 Å². The Morgan fingerprint density at radius 2 is 1.86 bits per heavy atom. The number of aromatic hydroxyl groups is 1. The van der Waals surface area contributed by atoms with E-state index in [0.717, 1.165) is 22.0 Å². The first-order chi connectivity index (χ1) is 10.7. The molecule has 3 aromatic rings. The van der Waals surface area contributed by atoms with Crippen LogP contribution in [-0.2, 0) is 0 Å². The van der Waals surface area contributed by atoms with E-state index in [4.69, 9.17) is 4.74 Å². The van der Waals surface area contributed by atoms with Gasteiger partial charge in [0.2, 0.25) is 0 Å². The maximum atomic E-state index is 10.4. The number of phenols is 1. The lowest BCUT2D eigenvalue weighted by Gasteiger charge is -2.06. The second-order valence-electron chi connectivity index (χ2n) is 5.16. The Kier molecular flexibility index (Phi) is 3.79. The Labute approximate surface area is 129 Å². The smallest absolute Gasteiger partial charge is 0.144 e. The number of methoxy groups -OCH3 is 1. The second-order valence-corrected chi connectivity index (χ2v) is 5.16. The molecular formula is C19H17NO2. The van der Waals surface area contributed by atoms with Gasteiger partial charge in [0.1, 0.15) is 17.2 Å². The summed E-state index contributed by atoms with van der Waals surface area (Å²) in [6.45, 7) is 2.01. The molecule has 3 rings (SSSR count). The third-order valence-electron chi connectivity index (χ3n) is 3.61. The Morgan fingerprint density at radius 1 is 1.05 bits per heavy atom. The molecule has 0 amide bonds. The molecule has 3 aromatic carbocycles. The number of phenolic OH excluding ortho intramolecular Hbond substituents is 1. The lowest BCUT2D eigenvalue weighted by atomic mass is 10.1. The molecule has 1 N–H and O–H groups in total. The van der Waals surface area contributed by atoms with Crippen molar-refractivity contribution in [1.82, 2.24) is 0 Å². The van der Waals surface area contributed by atoms with Crippen molar-refractivity contribution >= 4 is 22.7 Å². The van der Waals surface area contributed by atoms with E-state index < -0.39 is 0 Å². The van der Waals surface area contributed by atoms with E-state index in [1.807, 2.05) is 61.5 Å². The number of hydrogen-bond donors (Lipinski definition) is 1. The van der Waals surface area contributed by atoms with Crippen molar-refractivity contribution in [2.24, 2.45) is 4.99 Å². The van der Waals surface area contributed by atoms with Crippen LogP contribution in [0.4, 0.5) is 5.69 Å². The first-order valence-electron chi connectivity index (χ1n) is 7.08. The minimum Gasteiger partial charge on any atom is -0.507 e. The summed E-state index contributed by atoms with van der Waals surface area (Å²) in [5.41, 5.74) is 2.54. The van der Waals surface area contributed by atoms with E-state index in [9.17, 15) is 5.11 Å². The standard InChI is InChI=1S/C19H17NO2/c1-13-7-10-18(22-2)17(11-13)20-12-15-9-8-14-5-3-4-6-16(14)19(15)21/h3-12,21H,1-2H3. The topological polar surface area (TPSA) is 41.8 Å². The van der Waals surface area contributed by atoms with E-state index in [-0.39, 0.29) is 5.75 Å². The third kappa shape index (κ3) is 2.66. The van der Waals surface area contributed by atoms with Crippen molar-refractivity contribution in [2.75, 3.05) is 7.11 Å². The van der Waals surface area contributed by atoms with Crippen LogP contribution in [0.3, 0.4) is 0 Å². The molecule has 3 nitrogen and oxygen atoms in total. The van der Waals surface area contributed by atoms with Gasteiger partial charge in [-0.2, -0.15) is 0 Å². The summed E-state index contributed by atoms with van der Waals surface area (Å²) in [6.07, 6.45) is 1.67. The summed E-state index contributed by atoms with van der Waals surface area (Å²) in [5.74, 6) is 0.954. The molecule has 0 heterocycles. The lowest BCUT2D eigenvalue weighted by molar-refractivity contribution is 0.416. The Hall–Kier alpha value is -2.81. The molecule has 0 bridgehead atoms. The SMILES string of the molecule is COc1ccc(C)cc1N=Cc1ccc2ccccc2c1O. The van der Waals surface area contributed by atoms with Crippen LogP contribution < -0.4 is 4.74 Å². The van der Waals surface area contributed by atoms with Crippen molar-refractivity contribution in [3.05, 3.63) is 65.7 Å². The number of aliphatic imine (C=N–C) groups is 1. The van der Waals surface area contributed by atoms with Gasteiger partial charge in [-0.1, -0.05) is 36.4 Å². The second kappa shape index (κ2) is 5.90. The predicted octanol–water partition coefficient (Wildman–Crippen LogP) is 4.61. The van der Waals surface area contributed by atoms with E-state index in [1.165, 1.54) is 0 Å². The molecule has 0 aliphatic rings. The molecule has 0 aromatic heterocycles. The van der Waals surface area contributed by atoms with Gasteiger partial charge in [-0.25, -0.2) is 0 Å². The zero-order chi connectivity index (χ0) is 15.5. The van der Waals surface area contributed by atoms with E-state index in [1.54, 1.807) is 13.3 Å². The molecule has 0 unspecified atom stereocenters. The zero-order valence-electron chi connectivity index (χ0n) is 12.6. The minimum atomic E-state index is 0.244. The number of rotatable bonds is 3. The van der Waals surface area contributed by atoms with Crippen LogP contribution >= 0.6 is 0 Å². The van der Waals surface area contributed by atoms with Crippen LogP contribution in [-0.4, -0.2) is 18.4 Å². The van der Waals surface area contributed by atoms with Gasteiger partial charge in [-0.15, -0.1) is 0 Å². The van der Waals surface area contributed by atoms with E-state index in [2.05, 4.69) is 4.99 Å². The quantitative estimate of drug-likeness (QED) is 0.716. The zero-order valence-corrected chi connectivity index (χ0v) is 12.6. The first-order valence-corrected chi connectivity index (χ1v) is 7.08. The average molecular weight is 291 g/mol. The van der Waals surface area contributed by atoms with Crippen molar-refractivity contribution in [1.29, 1.82) is 0 Å². The molecule has 3 heteroatoms. The molecular weight excluding hydrogens is 274 g/mol. The first kappa shape index (κ1) is 14.1. The van der Waals surface area contributed by atoms with Gasteiger partial charge in [-0.3, -0.25) is 4.99 Å². The van der Waals surface area contributed by atoms with Crippen LogP contribution in [0.15, 0.2) is 59.6 Å². The highest BCUT2D eigenvalue weighted by Crippen LogP contribution is 2.30. The molecule has 0 saturated heterocycles. The number of aryl methyl sites for hydroxylation is 1. The monoisotopic (exact) mass is 291 g/mol. The Bertz CT molecular complexity index is 853. The van der Waals surface area contributed by atoms with E-state index in [0.29, 0.717) is 11.3 Å².